The number of hydrogen-bond acceptors (Lipinski definition) is 5. The molecule has 28 heavy (non-hydrogen) atoms. The van der Waals surface area contributed by atoms with Crippen molar-refractivity contribution in [1.29, 1.82) is 0 Å². The summed E-state index contributed by atoms with van der Waals surface area (Å²) in [4.78, 5) is 30.1. The van der Waals surface area contributed by atoms with Gasteiger partial charge in [0.1, 0.15) is 4.83 Å². The van der Waals surface area contributed by atoms with Gasteiger partial charge in [0.05, 0.1) is 17.2 Å². The lowest BCUT2D eigenvalue weighted by Gasteiger charge is -2.16. The summed E-state index contributed by atoms with van der Waals surface area (Å²) in [7, 11) is 1.69. The molecule has 4 aromatic rings. The van der Waals surface area contributed by atoms with Gasteiger partial charge >= 0.3 is 0 Å². The normalized spacial score (nSPS) is 12.4. The maximum atomic E-state index is 12.5. The zero-order valence-electron chi connectivity index (χ0n) is 15.5. The number of thiophene rings is 1. The van der Waals surface area contributed by atoms with Crippen LogP contribution in [0.3, 0.4) is 0 Å². The monoisotopic (exact) mass is 409 g/mol. The molecule has 1 atom stereocenters. The van der Waals surface area contributed by atoms with E-state index in [2.05, 4.69) is 28.5 Å². The Bertz CT molecular complexity index is 1220. The minimum Gasteiger partial charge on any atom is -0.349 e. The second kappa shape index (κ2) is 7.77. The number of thioether (sulfide) groups is 1. The summed E-state index contributed by atoms with van der Waals surface area (Å²) in [5, 5.41) is 8.36. The third kappa shape index (κ3) is 3.55. The molecule has 4 rings (SSSR count). The minimum atomic E-state index is -0.115. The van der Waals surface area contributed by atoms with Gasteiger partial charge in [-0.05, 0) is 34.7 Å². The number of amides is 1. The Morgan fingerprint density at radius 3 is 2.82 bits per heavy atom. The highest BCUT2D eigenvalue weighted by Gasteiger charge is 2.15. The van der Waals surface area contributed by atoms with Gasteiger partial charge in [0.2, 0.25) is 5.91 Å². The summed E-state index contributed by atoms with van der Waals surface area (Å²) >= 11 is 2.70. The molecular weight excluding hydrogens is 390 g/mol. The number of carbonyl (C=O) groups excluding carboxylic acids is 1. The number of carbonyl (C=O) groups is 1. The summed E-state index contributed by atoms with van der Waals surface area (Å²) < 4.78 is 1.50. The van der Waals surface area contributed by atoms with Crippen LogP contribution in [0.25, 0.3) is 21.0 Å². The molecule has 0 spiro atoms. The Morgan fingerprint density at radius 1 is 1.18 bits per heavy atom. The largest absolute Gasteiger partial charge is 0.349 e. The molecule has 0 bridgehead atoms. The maximum absolute atomic E-state index is 12.5. The van der Waals surface area contributed by atoms with Crippen LogP contribution in [0.1, 0.15) is 18.5 Å². The number of benzene rings is 2. The van der Waals surface area contributed by atoms with E-state index >= 15 is 0 Å². The van der Waals surface area contributed by atoms with Crippen LogP contribution in [0.15, 0.2) is 63.9 Å². The van der Waals surface area contributed by atoms with Crippen LogP contribution in [-0.2, 0) is 11.8 Å². The molecule has 1 N–H and O–H groups in total. The second-order valence-corrected chi connectivity index (χ2v) is 8.38. The predicted molar refractivity (Wildman–Crippen MR) is 116 cm³/mol. The molecule has 0 aliphatic rings. The SMILES string of the molecule is CC(NC(=O)CSc1nc2sccc2c(=O)n1C)c1cccc2ccccc12. The number of fused-ring (bicyclic) bond motifs is 2. The van der Waals surface area contributed by atoms with Crippen molar-refractivity contribution in [2.75, 3.05) is 5.75 Å². The molecule has 5 nitrogen and oxygen atoms in total. The number of rotatable bonds is 5. The van der Waals surface area contributed by atoms with Crippen molar-refractivity contribution in [3.8, 4) is 0 Å². The van der Waals surface area contributed by atoms with Gasteiger partial charge in [0.15, 0.2) is 5.16 Å². The summed E-state index contributed by atoms with van der Waals surface area (Å²) in [5.74, 6) is 0.109. The topological polar surface area (TPSA) is 64.0 Å². The Labute approximate surface area is 170 Å². The molecule has 0 saturated carbocycles. The van der Waals surface area contributed by atoms with E-state index < -0.39 is 0 Å². The molecule has 142 valence electrons. The maximum Gasteiger partial charge on any atom is 0.262 e. The van der Waals surface area contributed by atoms with E-state index in [1.807, 2.05) is 36.6 Å². The first-order chi connectivity index (χ1) is 13.5. The molecule has 0 saturated heterocycles. The van der Waals surface area contributed by atoms with Crippen molar-refractivity contribution in [1.82, 2.24) is 14.9 Å². The van der Waals surface area contributed by atoms with Gasteiger partial charge in [-0.15, -0.1) is 11.3 Å². The van der Waals surface area contributed by atoms with Crippen LogP contribution in [0.4, 0.5) is 0 Å². The lowest BCUT2D eigenvalue weighted by atomic mass is 10.00. The van der Waals surface area contributed by atoms with E-state index in [1.165, 1.54) is 27.7 Å². The van der Waals surface area contributed by atoms with Gasteiger partial charge in [0, 0.05) is 7.05 Å². The highest BCUT2D eigenvalue weighted by Crippen LogP contribution is 2.25. The van der Waals surface area contributed by atoms with Crippen molar-refractivity contribution in [3.05, 3.63) is 69.8 Å². The fraction of sp³-hybridized carbons (Fsp3) is 0.190. The van der Waals surface area contributed by atoms with Gasteiger partial charge in [-0.3, -0.25) is 14.2 Å². The van der Waals surface area contributed by atoms with E-state index in [-0.39, 0.29) is 23.3 Å². The standard InChI is InChI=1S/C21H19N3O2S2/c1-13(15-9-5-7-14-6-3-4-8-16(14)15)22-18(25)12-28-21-23-19-17(10-11-27-19)20(26)24(21)2/h3-11,13H,12H2,1-2H3,(H,22,25). The molecule has 0 aliphatic heterocycles. The third-order valence-corrected chi connectivity index (χ3v) is 6.50. The van der Waals surface area contributed by atoms with Crippen molar-refractivity contribution in [2.45, 2.75) is 18.1 Å². The van der Waals surface area contributed by atoms with E-state index in [9.17, 15) is 9.59 Å². The molecule has 2 aromatic carbocycles. The quantitative estimate of drug-likeness (QED) is 0.398. The summed E-state index contributed by atoms with van der Waals surface area (Å²) in [5.41, 5.74) is 1.00. The summed E-state index contributed by atoms with van der Waals surface area (Å²) in [6, 6.07) is 15.9. The fourth-order valence-corrected chi connectivity index (χ4v) is 4.82. The highest BCUT2D eigenvalue weighted by molar-refractivity contribution is 7.99. The number of nitrogens with one attached hydrogen (secondary N) is 1. The van der Waals surface area contributed by atoms with Gasteiger partial charge in [-0.2, -0.15) is 0 Å². The number of aromatic nitrogens is 2. The molecule has 1 amide bonds. The Morgan fingerprint density at radius 2 is 1.96 bits per heavy atom. The molecule has 0 aliphatic carbocycles. The molecule has 7 heteroatoms. The lowest BCUT2D eigenvalue weighted by molar-refractivity contribution is -0.119. The Balaban J connectivity index is 1.47. The molecule has 2 heterocycles. The van der Waals surface area contributed by atoms with Crippen LogP contribution in [-0.4, -0.2) is 21.2 Å². The highest BCUT2D eigenvalue weighted by atomic mass is 32.2. The lowest BCUT2D eigenvalue weighted by Crippen LogP contribution is -2.29. The Kier molecular flexibility index (Phi) is 5.19. The van der Waals surface area contributed by atoms with Crippen LogP contribution in [0.2, 0.25) is 0 Å². The summed E-state index contributed by atoms with van der Waals surface area (Å²) in [6.07, 6.45) is 0. The summed E-state index contributed by atoms with van der Waals surface area (Å²) in [6.45, 7) is 1.98. The average molecular weight is 410 g/mol. The van der Waals surface area contributed by atoms with E-state index in [1.54, 1.807) is 13.1 Å². The van der Waals surface area contributed by atoms with Crippen LogP contribution < -0.4 is 10.9 Å². The zero-order chi connectivity index (χ0) is 19.7. The van der Waals surface area contributed by atoms with E-state index in [0.717, 1.165) is 16.3 Å². The zero-order valence-corrected chi connectivity index (χ0v) is 17.1. The smallest absolute Gasteiger partial charge is 0.262 e. The average Bonchev–Trinajstić information content (AvgIpc) is 3.18. The van der Waals surface area contributed by atoms with Crippen LogP contribution in [0.5, 0.6) is 0 Å². The first kappa shape index (κ1) is 18.7. The second-order valence-electron chi connectivity index (χ2n) is 6.54. The molecule has 0 fully saturated rings. The van der Waals surface area contributed by atoms with Gasteiger partial charge in [-0.25, -0.2) is 4.98 Å². The van der Waals surface area contributed by atoms with Gasteiger partial charge in [0.25, 0.3) is 5.56 Å². The minimum absolute atomic E-state index is 0.0849. The first-order valence-corrected chi connectivity index (χ1v) is 10.7. The molecule has 2 aromatic heterocycles. The predicted octanol–water partition coefficient (Wildman–Crippen LogP) is 4.12. The van der Waals surface area contributed by atoms with Crippen molar-refractivity contribution >= 4 is 50.0 Å². The van der Waals surface area contributed by atoms with Gasteiger partial charge in [-0.1, -0.05) is 54.2 Å². The van der Waals surface area contributed by atoms with E-state index in [4.69, 9.17) is 0 Å². The van der Waals surface area contributed by atoms with Crippen LogP contribution >= 0.6 is 23.1 Å². The van der Waals surface area contributed by atoms with Crippen molar-refractivity contribution in [2.24, 2.45) is 7.05 Å². The molecule has 0 radical (unpaired) electrons. The fourth-order valence-electron chi connectivity index (χ4n) is 3.23. The van der Waals surface area contributed by atoms with E-state index in [0.29, 0.717) is 15.4 Å². The third-order valence-electron chi connectivity index (χ3n) is 4.66. The number of nitrogens with zero attached hydrogens (tertiary/aromatic N) is 2. The van der Waals surface area contributed by atoms with Crippen molar-refractivity contribution in [3.63, 3.8) is 0 Å². The molecular formula is C21H19N3O2S2. The van der Waals surface area contributed by atoms with Gasteiger partial charge < -0.3 is 5.32 Å². The van der Waals surface area contributed by atoms with Crippen molar-refractivity contribution < 1.29 is 4.79 Å². The van der Waals surface area contributed by atoms with Crippen LogP contribution in [0, 0.1) is 0 Å². The Hall–Kier alpha value is -2.64. The number of hydrogen-bond donors (Lipinski definition) is 1. The first-order valence-electron chi connectivity index (χ1n) is 8.88. The molecule has 1 unspecified atom stereocenters.